The zero-order valence-corrected chi connectivity index (χ0v) is 22.9. The smallest absolute Gasteiger partial charge is 0.303 e. The van der Waals surface area contributed by atoms with Gasteiger partial charge in [-0.2, -0.15) is 0 Å². The van der Waals surface area contributed by atoms with Crippen LogP contribution in [0.2, 0.25) is 0 Å². The van der Waals surface area contributed by atoms with Gasteiger partial charge in [0, 0.05) is 48.0 Å². The minimum atomic E-state index is -1.81. The Morgan fingerprint density at radius 2 is 1.07 bits per heavy atom. The molecule has 0 amide bonds. The lowest BCUT2D eigenvalue weighted by Crippen LogP contribution is -2.62. The third-order valence-electron chi connectivity index (χ3n) is 5.52. The van der Waals surface area contributed by atoms with Gasteiger partial charge in [0.05, 0.1) is 6.61 Å². The average Bonchev–Trinajstić information content (AvgIpc) is 2.80. The minimum Gasteiger partial charge on any atom is -0.463 e. The molecule has 226 valence electrons. The summed E-state index contributed by atoms with van der Waals surface area (Å²) in [7, 11) is 0. The molecule has 9 atom stereocenters. The van der Waals surface area contributed by atoms with Crippen LogP contribution in [0.5, 0.6) is 0 Å². The molecule has 2 aliphatic heterocycles. The molecule has 0 bridgehead atoms. The summed E-state index contributed by atoms with van der Waals surface area (Å²) in [5.74, 6) is -4.49. The Labute approximate surface area is 229 Å². The van der Waals surface area contributed by atoms with Crippen molar-refractivity contribution in [1.29, 1.82) is 0 Å². The Morgan fingerprint density at radius 1 is 0.600 bits per heavy atom. The van der Waals surface area contributed by atoms with Gasteiger partial charge in [-0.15, -0.1) is 0 Å². The largest absolute Gasteiger partial charge is 0.463 e. The molecule has 2 fully saturated rings. The molecule has 0 saturated carbocycles. The summed E-state index contributed by atoms with van der Waals surface area (Å²) in [4.78, 5) is 70.0. The maximum Gasteiger partial charge on any atom is 0.303 e. The first kappa shape index (κ1) is 32.9. The summed E-state index contributed by atoms with van der Waals surface area (Å²) in [6.07, 6.45) is -12.1. The van der Waals surface area contributed by atoms with Gasteiger partial charge in [0.25, 0.3) is 0 Å². The molecular formula is C24H34O16. The molecule has 2 rings (SSSR count). The van der Waals surface area contributed by atoms with Gasteiger partial charge in [-0.25, -0.2) is 0 Å². The van der Waals surface area contributed by atoms with E-state index in [1.807, 2.05) is 0 Å². The number of carbonyl (C=O) groups is 6. The fourth-order valence-corrected chi connectivity index (χ4v) is 4.21. The van der Waals surface area contributed by atoms with Crippen LogP contribution in [0.15, 0.2) is 0 Å². The van der Waals surface area contributed by atoms with Crippen LogP contribution >= 0.6 is 0 Å². The van der Waals surface area contributed by atoms with Gasteiger partial charge in [0.15, 0.2) is 37.0 Å². The van der Waals surface area contributed by atoms with Crippen molar-refractivity contribution in [2.24, 2.45) is 0 Å². The Morgan fingerprint density at radius 3 is 1.60 bits per heavy atom. The molecule has 0 aromatic rings. The van der Waals surface area contributed by atoms with Gasteiger partial charge in [-0.05, 0) is 0 Å². The zero-order valence-electron chi connectivity index (χ0n) is 22.9. The molecule has 16 heteroatoms. The van der Waals surface area contributed by atoms with Crippen molar-refractivity contribution >= 4 is 35.8 Å². The summed E-state index contributed by atoms with van der Waals surface area (Å²) in [5, 5.41) is 10.5. The second-order valence-electron chi connectivity index (χ2n) is 8.98. The Bertz CT molecular complexity index is 949. The number of rotatable bonds is 10. The van der Waals surface area contributed by atoms with Crippen molar-refractivity contribution in [3.05, 3.63) is 0 Å². The van der Waals surface area contributed by atoms with E-state index in [-0.39, 0.29) is 13.0 Å². The first-order chi connectivity index (χ1) is 18.7. The third-order valence-corrected chi connectivity index (χ3v) is 5.52. The SMILES string of the molecule is CC(=O)OC[C@H]1O[C@@H](OC[C@H]2O[C@@H](O)[C@H](OC(C)=O)[C@@H](OC(C)=O)[C@@H]2OC(C)=O)C[C@@H](OC(C)=O)[C@@H]1OC(C)=O. The van der Waals surface area contributed by atoms with Crippen LogP contribution in [0.25, 0.3) is 0 Å². The van der Waals surface area contributed by atoms with Crippen LogP contribution in [0.4, 0.5) is 0 Å². The summed E-state index contributed by atoms with van der Waals surface area (Å²) in [6, 6.07) is 0. The fraction of sp³-hybridized carbons (Fsp3) is 0.750. The molecule has 40 heavy (non-hydrogen) atoms. The Hall–Kier alpha value is -3.34. The average molecular weight is 579 g/mol. The van der Waals surface area contributed by atoms with E-state index in [9.17, 15) is 33.9 Å². The lowest BCUT2D eigenvalue weighted by atomic mass is 9.98. The number of hydrogen-bond donors (Lipinski definition) is 1. The molecule has 2 heterocycles. The maximum absolute atomic E-state index is 11.9. The quantitative estimate of drug-likeness (QED) is 0.245. The van der Waals surface area contributed by atoms with Crippen molar-refractivity contribution in [2.75, 3.05) is 13.2 Å². The lowest BCUT2D eigenvalue weighted by molar-refractivity contribution is -0.313. The zero-order chi connectivity index (χ0) is 30.1. The van der Waals surface area contributed by atoms with Gasteiger partial charge in [-0.3, -0.25) is 28.8 Å². The predicted molar refractivity (Wildman–Crippen MR) is 125 cm³/mol. The number of carbonyl (C=O) groups excluding carboxylic acids is 6. The normalized spacial score (nSPS) is 31.7. The molecule has 0 unspecified atom stereocenters. The number of esters is 6. The second-order valence-corrected chi connectivity index (χ2v) is 8.98. The number of aliphatic hydroxyl groups is 1. The predicted octanol–water partition coefficient (Wildman–Crippen LogP) is -0.943. The van der Waals surface area contributed by atoms with Crippen molar-refractivity contribution < 1.29 is 76.5 Å². The fourth-order valence-electron chi connectivity index (χ4n) is 4.21. The van der Waals surface area contributed by atoms with Crippen molar-refractivity contribution in [3.63, 3.8) is 0 Å². The first-order valence-corrected chi connectivity index (χ1v) is 12.3. The number of aliphatic hydroxyl groups excluding tert-OH is 1. The number of ether oxygens (including phenoxy) is 9. The summed E-state index contributed by atoms with van der Waals surface area (Å²) >= 11 is 0. The highest BCUT2D eigenvalue weighted by Gasteiger charge is 2.52. The van der Waals surface area contributed by atoms with E-state index in [0.29, 0.717) is 0 Å². The van der Waals surface area contributed by atoms with E-state index in [0.717, 1.165) is 41.5 Å². The topological polar surface area (TPSA) is 206 Å². The Kier molecular flexibility index (Phi) is 12.2. The standard InChI is InChI=1S/C24H34O16/c1-10(25)32-8-17-20(35-12(3)27)16(34-11(2)26)7-19(39-17)33-9-18-21(36-13(4)28)22(37-14(5)29)23(24(31)40-18)38-15(6)30/h16-24,31H,7-9H2,1-6H3/t16-,17-,18-,19-,20+,21-,22+,23-,24-/m1/s1. The highest BCUT2D eigenvalue weighted by molar-refractivity contribution is 5.69. The van der Waals surface area contributed by atoms with E-state index in [1.165, 1.54) is 0 Å². The molecule has 0 radical (unpaired) electrons. The van der Waals surface area contributed by atoms with Crippen molar-refractivity contribution in [3.8, 4) is 0 Å². The molecule has 0 aromatic heterocycles. The maximum atomic E-state index is 11.9. The minimum absolute atomic E-state index is 0.148. The molecule has 0 aliphatic carbocycles. The monoisotopic (exact) mass is 578 g/mol. The van der Waals surface area contributed by atoms with Crippen molar-refractivity contribution in [2.45, 2.75) is 103 Å². The van der Waals surface area contributed by atoms with Crippen LogP contribution in [0, 0.1) is 0 Å². The van der Waals surface area contributed by atoms with Crippen LogP contribution in [0.3, 0.4) is 0 Å². The van der Waals surface area contributed by atoms with E-state index >= 15 is 0 Å². The number of hydrogen-bond acceptors (Lipinski definition) is 16. The van der Waals surface area contributed by atoms with E-state index in [2.05, 4.69) is 0 Å². The van der Waals surface area contributed by atoms with E-state index in [4.69, 9.17) is 42.6 Å². The van der Waals surface area contributed by atoms with Gasteiger partial charge >= 0.3 is 35.8 Å². The lowest BCUT2D eigenvalue weighted by Gasteiger charge is -2.44. The molecule has 2 aliphatic rings. The van der Waals surface area contributed by atoms with E-state index in [1.54, 1.807) is 0 Å². The van der Waals surface area contributed by atoms with Crippen LogP contribution in [-0.2, 0) is 71.4 Å². The summed E-state index contributed by atoms with van der Waals surface area (Å²) < 4.78 is 48.2. The van der Waals surface area contributed by atoms with Gasteiger partial charge < -0.3 is 47.7 Å². The second kappa shape index (κ2) is 14.9. The van der Waals surface area contributed by atoms with Crippen LogP contribution in [0.1, 0.15) is 48.0 Å². The van der Waals surface area contributed by atoms with Gasteiger partial charge in [0.1, 0.15) is 24.9 Å². The summed E-state index contributed by atoms with van der Waals surface area (Å²) in [5.41, 5.74) is 0. The first-order valence-electron chi connectivity index (χ1n) is 12.3. The van der Waals surface area contributed by atoms with Crippen molar-refractivity contribution in [1.82, 2.24) is 0 Å². The molecular weight excluding hydrogens is 544 g/mol. The molecule has 16 nitrogen and oxygen atoms in total. The molecule has 0 aromatic carbocycles. The highest BCUT2D eigenvalue weighted by Crippen LogP contribution is 2.31. The van der Waals surface area contributed by atoms with Crippen LogP contribution in [-0.4, -0.2) is 109 Å². The molecule has 2 saturated heterocycles. The molecule has 1 N–H and O–H groups in total. The highest BCUT2D eigenvalue weighted by atomic mass is 16.7. The summed E-state index contributed by atoms with van der Waals surface area (Å²) in [6.45, 7) is 5.82. The van der Waals surface area contributed by atoms with Gasteiger partial charge in [0.2, 0.25) is 0 Å². The van der Waals surface area contributed by atoms with Crippen LogP contribution < -0.4 is 0 Å². The van der Waals surface area contributed by atoms with E-state index < -0.39 is 97.7 Å². The van der Waals surface area contributed by atoms with Gasteiger partial charge in [-0.1, -0.05) is 0 Å². The third kappa shape index (κ3) is 10.0. The molecule has 0 spiro atoms. The Balaban J connectivity index is 2.28.